The summed E-state index contributed by atoms with van der Waals surface area (Å²) < 4.78 is 40.5. The second-order valence-electron chi connectivity index (χ2n) is 4.42. The van der Waals surface area contributed by atoms with Crippen molar-refractivity contribution in [3.8, 4) is 0 Å². The van der Waals surface area contributed by atoms with E-state index in [9.17, 15) is 13.2 Å². The van der Waals surface area contributed by atoms with Gasteiger partial charge in [-0.05, 0) is 51.7 Å². The Morgan fingerprint density at radius 2 is 1.81 bits per heavy atom. The molecule has 2 aromatic carbocycles. The number of halogens is 5. The number of benzene rings is 2. The van der Waals surface area contributed by atoms with Crippen molar-refractivity contribution in [3.63, 3.8) is 0 Å². The van der Waals surface area contributed by atoms with Gasteiger partial charge in [-0.15, -0.1) is 0 Å². The van der Waals surface area contributed by atoms with E-state index in [2.05, 4.69) is 37.3 Å². The molecule has 2 aromatic rings. The standard InChI is InChI=1S/C14H11Br2F3N2/c15-10-6-8(17)2-1-7(10)5-12(21-20)9-3-4-11(18)14(19)13(9)16/h1-4,6,12,21H,5,20H2. The van der Waals surface area contributed by atoms with Crippen molar-refractivity contribution >= 4 is 31.9 Å². The molecule has 112 valence electrons. The first-order chi connectivity index (χ1) is 9.93. The fraction of sp³-hybridized carbons (Fsp3) is 0.143. The Bertz CT molecular complexity index is 665. The lowest BCUT2D eigenvalue weighted by molar-refractivity contribution is 0.491. The highest BCUT2D eigenvalue weighted by atomic mass is 79.9. The number of hydrogen-bond acceptors (Lipinski definition) is 2. The Balaban J connectivity index is 2.34. The minimum absolute atomic E-state index is 0.0173. The second kappa shape index (κ2) is 6.91. The predicted molar refractivity (Wildman–Crippen MR) is 81.9 cm³/mol. The van der Waals surface area contributed by atoms with Crippen LogP contribution in [0, 0.1) is 17.5 Å². The zero-order chi connectivity index (χ0) is 15.6. The van der Waals surface area contributed by atoms with Gasteiger partial charge in [0.1, 0.15) is 5.82 Å². The van der Waals surface area contributed by atoms with Gasteiger partial charge in [-0.25, -0.2) is 13.2 Å². The number of hydrogen-bond donors (Lipinski definition) is 2. The van der Waals surface area contributed by atoms with Crippen molar-refractivity contribution < 1.29 is 13.2 Å². The summed E-state index contributed by atoms with van der Waals surface area (Å²) in [6.45, 7) is 0. The van der Waals surface area contributed by atoms with Crippen LogP contribution in [-0.2, 0) is 6.42 Å². The maximum Gasteiger partial charge on any atom is 0.173 e. The monoisotopic (exact) mass is 422 g/mol. The Morgan fingerprint density at radius 3 is 2.43 bits per heavy atom. The molecule has 0 heterocycles. The quantitative estimate of drug-likeness (QED) is 0.435. The largest absolute Gasteiger partial charge is 0.271 e. The minimum atomic E-state index is -0.967. The first kappa shape index (κ1) is 16.5. The molecule has 1 atom stereocenters. The Labute approximate surface area is 136 Å². The van der Waals surface area contributed by atoms with E-state index in [1.54, 1.807) is 6.07 Å². The second-order valence-corrected chi connectivity index (χ2v) is 6.07. The molecule has 0 saturated carbocycles. The van der Waals surface area contributed by atoms with Crippen LogP contribution < -0.4 is 11.3 Å². The van der Waals surface area contributed by atoms with Gasteiger partial charge in [-0.2, -0.15) is 0 Å². The third kappa shape index (κ3) is 3.66. The van der Waals surface area contributed by atoms with Gasteiger partial charge >= 0.3 is 0 Å². The molecule has 1 unspecified atom stereocenters. The fourth-order valence-electron chi connectivity index (χ4n) is 1.98. The average molecular weight is 424 g/mol. The van der Waals surface area contributed by atoms with Gasteiger partial charge in [0.05, 0.1) is 10.5 Å². The zero-order valence-electron chi connectivity index (χ0n) is 10.6. The third-order valence-electron chi connectivity index (χ3n) is 3.08. The van der Waals surface area contributed by atoms with Crippen molar-refractivity contribution in [2.75, 3.05) is 0 Å². The SMILES string of the molecule is NNC(Cc1ccc(F)cc1Br)c1ccc(F)c(F)c1Br. The maximum atomic E-state index is 13.6. The molecule has 0 radical (unpaired) electrons. The summed E-state index contributed by atoms with van der Waals surface area (Å²) in [5.41, 5.74) is 3.83. The number of nitrogens with two attached hydrogens (primary N) is 1. The lowest BCUT2D eigenvalue weighted by atomic mass is 9.99. The molecule has 0 aliphatic carbocycles. The molecule has 2 nitrogen and oxygen atoms in total. The van der Waals surface area contributed by atoms with E-state index < -0.39 is 17.7 Å². The maximum absolute atomic E-state index is 13.6. The van der Waals surface area contributed by atoms with E-state index in [0.29, 0.717) is 16.5 Å². The summed E-state index contributed by atoms with van der Waals surface area (Å²) in [5.74, 6) is 3.24. The minimum Gasteiger partial charge on any atom is -0.271 e. The van der Waals surface area contributed by atoms with E-state index in [1.807, 2.05) is 0 Å². The van der Waals surface area contributed by atoms with Crippen molar-refractivity contribution in [2.24, 2.45) is 5.84 Å². The molecular formula is C14H11Br2F3N2. The highest BCUT2D eigenvalue weighted by Gasteiger charge is 2.19. The molecule has 0 spiro atoms. The van der Waals surface area contributed by atoms with Crippen molar-refractivity contribution in [3.05, 3.63) is 67.9 Å². The molecule has 0 aliphatic heterocycles. The molecule has 7 heteroatoms. The van der Waals surface area contributed by atoms with Crippen LogP contribution in [0.3, 0.4) is 0 Å². The van der Waals surface area contributed by atoms with Crippen LogP contribution in [0.15, 0.2) is 39.3 Å². The number of nitrogens with one attached hydrogen (secondary N) is 1. The molecule has 0 saturated heterocycles. The van der Waals surface area contributed by atoms with Crippen LogP contribution in [0.4, 0.5) is 13.2 Å². The summed E-state index contributed by atoms with van der Waals surface area (Å²) in [6, 6.07) is 6.30. The van der Waals surface area contributed by atoms with Crippen LogP contribution in [-0.4, -0.2) is 0 Å². The molecule has 0 aliphatic rings. The molecule has 0 amide bonds. The van der Waals surface area contributed by atoms with Gasteiger partial charge in [0, 0.05) is 4.47 Å². The Kier molecular flexibility index (Phi) is 5.43. The third-order valence-corrected chi connectivity index (χ3v) is 4.62. The highest BCUT2D eigenvalue weighted by molar-refractivity contribution is 9.10. The van der Waals surface area contributed by atoms with Crippen molar-refractivity contribution in [1.82, 2.24) is 5.43 Å². The summed E-state index contributed by atoms with van der Waals surface area (Å²) in [4.78, 5) is 0. The zero-order valence-corrected chi connectivity index (χ0v) is 13.8. The summed E-state index contributed by atoms with van der Waals surface area (Å²) >= 11 is 6.30. The van der Waals surface area contributed by atoms with Gasteiger partial charge in [0.2, 0.25) is 0 Å². The van der Waals surface area contributed by atoms with Crippen LogP contribution >= 0.6 is 31.9 Å². The summed E-state index contributed by atoms with van der Waals surface area (Å²) in [7, 11) is 0. The van der Waals surface area contributed by atoms with E-state index in [1.165, 1.54) is 18.2 Å². The van der Waals surface area contributed by atoms with Crippen molar-refractivity contribution in [2.45, 2.75) is 12.5 Å². The molecule has 0 fully saturated rings. The predicted octanol–water partition coefficient (Wildman–Crippen LogP) is 4.38. The topological polar surface area (TPSA) is 38.0 Å². The summed E-state index contributed by atoms with van der Waals surface area (Å²) in [6.07, 6.45) is 0.376. The Hall–Kier alpha value is -0.890. The van der Waals surface area contributed by atoms with E-state index in [4.69, 9.17) is 5.84 Å². The van der Waals surface area contributed by atoms with Crippen LogP contribution in [0.2, 0.25) is 0 Å². The summed E-state index contributed by atoms with van der Waals surface area (Å²) in [5, 5.41) is 0. The first-order valence-corrected chi connectivity index (χ1v) is 7.56. The number of hydrazine groups is 1. The van der Waals surface area contributed by atoms with Gasteiger partial charge in [0.25, 0.3) is 0 Å². The normalized spacial score (nSPS) is 12.5. The average Bonchev–Trinajstić information content (AvgIpc) is 2.45. The molecule has 0 bridgehead atoms. The van der Waals surface area contributed by atoms with Gasteiger partial charge in [0.15, 0.2) is 11.6 Å². The molecule has 2 rings (SSSR count). The smallest absolute Gasteiger partial charge is 0.173 e. The molecule has 0 aromatic heterocycles. The highest BCUT2D eigenvalue weighted by Crippen LogP contribution is 2.31. The number of rotatable bonds is 4. The van der Waals surface area contributed by atoms with Gasteiger partial charge < -0.3 is 0 Å². The van der Waals surface area contributed by atoms with Crippen LogP contribution in [0.1, 0.15) is 17.2 Å². The van der Waals surface area contributed by atoms with E-state index >= 15 is 0 Å². The van der Waals surface area contributed by atoms with Crippen molar-refractivity contribution in [1.29, 1.82) is 0 Å². The van der Waals surface area contributed by atoms with Crippen LogP contribution in [0.5, 0.6) is 0 Å². The Morgan fingerprint density at radius 1 is 1.10 bits per heavy atom. The lowest BCUT2D eigenvalue weighted by Gasteiger charge is -2.19. The van der Waals surface area contributed by atoms with Gasteiger partial charge in [-0.1, -0.05) is 28.1 Å². The van der Waals surface area contributed by atoms with Crippen LogP contribution in [0.25, 0.3) is 0 Å². The molecular weight excluding hydrogens is 413 g/mol. The fourth-order valence-corrected chi connectivity index (χ4v) is 3.09. The van der Waals surface area contributed by atoms with E-state index in [-0.39, 0.29) is 10.3 Å². The van der Waals surface area contributed by atoms with Gasteiger partial charge in [-0.3, -0.25) is 11.3 Å². The first-order valence-electron chi connectivity index (χ1n) is 5.97. The van der Waals surface area contributed by atoms with E-state index in [0.717, 1.165) is 11.6 Å². The molecule has 3 N–H and O–H groups in total. The molecule has 21 heavy (non-hydrogen) atoms. The lowest BCUT2D eigenvalue weighted by Crippen LogP contribution is -2.30.